The van der Waals surface area contributed by atoms with Crippen molar-refractivity contribution in [3.63, 3.8) is 0 Å². The molecule has 102 valence electrons. The minimum atomic E-state index is -0.974. The predicted molar refractivity (Wildman–Crippen MR) is 70.0 cm³/mol. The van der Waals surface area contributed by atoms with Gasteiger partial charge in [0.25, 0.3) is 0 Å². The van der Waals surface area contributed by atoms with Crippen LogP contribution in [-0.4, -0.2) is 13.2 Å². The molecule has 2 rings (SSSR count). The van der Waals surface area contributed by atoms with Crippen LogP contribution in [0.3, 0.4) is 0 Å². The first-order valence-electron chi connectivity index (χ1n) is 5.66. The maximum atomic E-state index is 13.4. The van der Waals surface area contributed by atoms with E-state index >= 15 is 0 Å². The smallest absolute Gasteiger partial charge is 0.200 e. The molecule has 1 N–H and O–H groups in total. The Morgan fingerprint density at radius 2 is 2.16 bits per heavy atom. The van der Waals surface area contributed by atoms with Gasteiger partial charge in [-0.05, 0) is 18.2 Å². The minimum Gasteiger partial charge on any atom is -0.489 e. The van der Waals surface area contributed by atoms with Crippen LogP contribution in [0.25, 0.3) is 0 Å². The fourth-order valence-corrected chi connectivity index (χ4v) is 1.91. The van der Waals surface area contributed by atoms with Gasteiger partial charge in [0, 0.05) is 23.1 Å². The number of ether oxygens (including phenoxy) is 1. The van der Waals surface area contributed by atoms with Crippen LogP contribution in [0, 0.1) is 11.6 Å². The van der Waals surface area contributed by atoms with Gasteiger partial charge in [0.2, 0.25) is 5.82 Å². The summed E-state index contributed by atoms with van der Waals surface area (Å²) in [5.41, 5.74) is 1.01. The first kappa shape index (κ1) is 14.0. The Morgan fingerprint density at radius 1 is 1.32 bits per heavy atom. The first-order chi connectivity index (χ1) is 9.16. The van der Waals surface area contributed by atoms with E-state index < -0.39 is 11.6 Å². The summed E-state index contributed by atoms with van der Waals surface area (Å²) >= 11 is 3.08. The van der Waals surface area contributed by atoms with Crippen molar-refractivity contribution < 1.29 is 17.9 Å². The normalized spacial score (nSPS) is 10.7. The SMILES string of the molecule is Fc1cc(Br)cc(OCCNCc2ccoc2)c1F. The lowest BCUT2D eigenvalue weighted by molar-refractivity contribution is 0.292. The third kappa shape index (κ3) is 4.04. The van der Waals surface area contributed by atoms with Crippen molar-refractivity contribution in [3.05, 3.63) is 52.4 Å². The number of hydrogen-bond donors (Lipinski definition) is 1. The number of furan rings is 1. The molecule has 6 heteroatoms. The third-order valence-electron chi connectivity index (χ3n) is 2.41. The Kier molecular flexibility index (Phi) is 4.93. The van der Waals surface area contributed by atoms with Gasteiger partial charge in [0.05, 0.1) is 12.5 Å². The average Bonchev–Trinajstić information content (AvgIpc) is 2.87. The second-order valence-electron chi connectivity index (χ2n) is 3.86. The molecule has 0 saturated heterocycles. The number of halogens is 3. The van der Waals surface area contributed by atoms with Gasteiger partial charge in [-0.3, -0.25) is 0 Å². The zero-order valence-electron chi connectivity index (χ0n) is 9.96. The van der Waals surface area contributed by atoms with E-state index in [1.807, 2.05) is 6.07 Å². The zero-order valence-corrected chi connectivity index (χ0v) is 11.5. The van der Waals surface area contributed by atoms with Gasteiger partial charge in [0.15, 0.2) is 11.6 Å². The highest BCUT2D eigenvalue weighted by Crippen LogP contribution is 2.25. The maximum Gasteiger partial charge on any atom is 0.200 e. The van der Waals surface area contributed by atoms with Gasteiger partial charge < -0.3 is 14.5 Å². The second kappa shape index (κ2) is 6.68. The van der Waals surface area contributed by atoms with Crippen LogP contribution in [-0.2, 0) is 6.54 Å². The van der Waals surface area contributed by atoms with E-state index in [-0.39, 0.29) is 12.4 Å². The summed E-state index contributed by atoms with van der Waals surface area (Å²) in [4.78, 5) is 0. The molecule has 1 aromatic carbocycles. The van der Waals surface area contributed by atoms with Crippen molar-refractivity contribution in [2.24, 2.45) is 0 Å². The van der Waals surface area contributed by atoms with E-state index in [9.17, 15) is 8.78 Å². The molecular formula is C13H12BrF2NO2. The lowest BCUT2D eigenvalue weighted by Crippen LogP contribution is -2.20. The first-order valence-corrected chi connectivity index (χ1v) is 6.45. The van der Waals surface area contributed by atoms with Crippen LogP contribution in [0.4, 0.5) is 8.78 Å². The van der Waals surface area contributed by atoms with Crippen molar-refractivity contribution >= 4 is 15.9 Å². The lowest BCUT2D eigenvalue weighted by atomic mass is 10.3. The quantitative estimate of drug-likeness (QED) is 0.650. The van der Waals surface area contributed by atoms with Gasteiger partial charge in [0.1, 0.15) is 6.61 Å². The van der Waals surface area contributed by atoms with E-state index in [0.29, 0.717) is 17.6 Å². The minimum absolute atomic E-state index is 0.100. The molecule has 0 aliphatic heterocycles. The summed E-state index contributed by atoms with van der Waals surface area (Å²) in [6.45, 7) is 1.39. The molecule has 19 heavy (non-hydrogen) atoms. The summed E-state index contributed by atoms with van der Waals surface area (Å²) in [6.07, 6.45) is 3.23. The molecule has 0 radical (unpaired) electrons. The summed E-state index contributed by atoms with van der Waals surface area (Å²) in [6, 6.07) is 4.30. The fraction of sp³-hybridized carbons (Fsp3) is 0.231. The Bertz CT molecular complexity index is 532. The average molecular weight is 332 g/mol. The standard InChI is InChI=1S/C13H12BrF2NO2/c14-10-5-11(15)13(16)12(6-10)19-4-2-17-7-9-1-3-18-8-9/h1,3,5-6,8,17H,2,4,7H2. The molecule has 0 spiro atoms. The summed E-state index contributed by atoms with van der Waals surface area (Å²) in [5.74, 6) is -2.01. The van der Waals surface area contributed by atoms with Gasteiger partial charge in [-0.1, -0.05) is 15.9 Å². The molecule has 0 fully saturated rings. The number of benzene rings is 1. The third-order valence-corrected chi connectivity index (χ3v) is 2.86. The maximum absolute atomic E-state index is 13.4. The summed E-state index contributed by atoms with van der Waals surface area (Å²) in [5, 5.41) is 3.09. The van der Waals surface area contributed by atoms with Gasteiger partial charge in [-0.15, -0.1) is 0 Å². The van der Waals surface area contributed by atoms with E-state index in [1.54, 1.807) is 12.5 Å². The van der Waals surface area contributed by atoms with Crippen molar-refractivity contribution in [2.45, 2.75) is 6.54 Å². The zero-order chi connectivity index (χ0) is 13.7. The topological polar surface area (TPSA) is 34.4 Å². The van der Waals surface area contributed by atoms with Crippen LogP contribution >= 0.6 is 15.9 Å². The van der Waals surface area contributed by atoms with Gasteiger partial charge in [-0.2, -0.15) is 4.39 Å². The Hall–Kier alpha value is -1.40. The van der Waals surface area contributed by atoms with E-state index in [2.05, 4.69) is 21.2 Å². The number of nitrogens with one attached hydrogen (secondary N) is 1. The highest BCUT2D eigenvalue weighted by atomic mass is 79.9. The van der Waals surface area contributed by atoms with Crippen LogP contribution in [0.15, 0.2) is 39.6 Å². The number of rotatable bonds is 6. The Morgan fingerprint density at radius 3 is 2.89 bits per heavy atom. The van der Waals surface area contributed by atoms with E-state index in [4.69, 9.17) is 9.15 Å². The van der Waals surface area contributed by atoms with Crippen LogP contribution in [0.5, 0.6) is 5.75 Å². The van der Waals surface area contributed by atoms with Crippen LogP contribution in [0.1, 0.15) is 5.56 Å². The van der Waals surface area contributed by atoms with Crippen LogP contribution < -0.4 is 10.1 Å². The van der Waals surface area contributed by atoms with Crippen LogP contribution in [0.2, 0.25) is 0 Å². The van der Waals surface area contributed by atoms with E-state index in [1.165, 1.54) is 6.07 Å². The predicted octanol–water partition coefficient (Wildman–Crippen LogP) is 3.49. The van der Waals surface area contributed by atoms with Crippen molar-refractivity contribution in [3.8, 4) is 5.75 Å². The lowest BCUT2D eigenvalue weighted by Gasteiger charge is -2.08. The Balaban J connectivity index is 1.76. The van der Waals surface area contributed by atoms with Crippen molar-refractivity contribution in [2.75, 3.05) is 13.2 Å². The highest BCUT2D eigenvalue weighted by Gasteiger charge is 2.10. The molecule has 1 aromatic heterocycles. The molecule has 0 amide bonds. The molecule has 0 unspecified atom stereocenters. The number of hydrogen-bond acceptors (Lipinski definition) is 3. The molecule has 3 nitrogen and oxygen atoms in total. The summed E-state index contributed by atoms with van der Waals surface area (Å²) < 4.78 is 37.0. The van der Waals surface area contributed by atoms with Crippen molar-refractivity contribution in [1.82, 2.24) is 5.32 Å². The molecule has 0 aliphatic carbocycles. The van der Waals surface area contributed by atoms with Gasteiger partial charge in [-0.25, -0.2) is 4.39 Å². The molecule has 0 bridgehead atoms. The van der Waals surface area contributed by atoms with Crippen molar-refractivity contribution in [1.29, 1.82) is 0 Å². The summed E-state index contributed by atoms with van der Waals surface area (Å²) in [7, 11) is 0. The Labute approximate surface area is 117 Å². The molecule has 1 heterocycles. The molecule has 0 atom stereocenters. The molecular weight excluding hydrogens is 320 g/mol. The molecule has 0 aliphatic rings. The fourth-order valence-electron chi connectivity index (χ4n) is 1.50. The highest BCUT2D eigenvalue weighted by molar-refractivity contribution is 9.10. The second-order valence-corrected chi connectivity index (χ2v) is 4.77. The largest absolute Gasteiger partial charge is 0.489 e. The monoisotopic (exact) mass is 331 g/mol. The molecule has 0 saturated carbocycles. The molecule has 2 aromatic rings. The van der Waals surface area contributed by atoms with E-state index in [0.717, 1.165) is 11.6 Å². The van der Waals surface area contributed by atoms with Gasteiger partial charge >= 0.3 is 0 Å².